The molecular weight excluding hydrogens is 111 g/mol. The predicted octanol–water partition coefficient (Wildman–Crippen LogP) is 1.54. The maximum Gasteiger partial charge on any atom is 0.508 e. The van der Waals surface area contributed by atoms with Crippen LogP contribution >= 0.6 is 8.03 Å². The Kier molecular flexibility index (Phi) is 1.77. The SMILES string of the molecule is O=[P+]1CCCCO1. The molecule has 40 valence electrons. The average molecular weight is 119 g/mol. The zero-order chi connectivity index (χ0) is 5.11. The first-order chi connectivity index (χ1) is 3.39. The second-order valence-electron chi connectivity index (χ2n) is 1.60. The van der Waals surface area contributed by atoms with Crippen LogP contribution < -0.4 is 0 Å². The van der Waals surface area contributed by atoms with Crippen molar-refractivity contribution in [2.45, 2.75) is 12.8 Å². The molecule has 1 heterocycles. The van der Waals surface area contributed by atoms with Crippen molar-refractivity contribution >= 4 is 8.03 Å². The second kappa shape index (κ2) is 2.39. The van der Waals surface area contributed by atoms with Crippen LogP contribution in [0.4, 0.5) is 0 Å². The summed E-state index contributed by atoms with van der Waals surface area (Å²) in [6.45, 7) is 0.704. The molecule has 0 aromatic carbocycles. The largest absolute Gasteiger partial charge is 0.508 e. The van der Waals surface area contributed by atoms with Crippen LogP contribution in [0.15, 0.2) is 0 Å². The van der Waals surface area contributed by atoms with Crippen molar-refractivity contribution in [3.05, 3.63) is 0 Å². The molecule has 1 aliphatic heterocycles. The molecular formula is C4H8O2P+. The van der Waals surface area contributed by atoms with E-state index in [9.17, 15) is 4.57 Å². The summed E-state index contributed by atoms with van der Waals surface area (Å²) in [6, 6.07) is 0. The van der Waals surface area contributed by atoms with Gasteiger partial charge in [0.05, 0.1) is 0 Å². The highest BCUT2D eigenvalue weighted by atomic mass is 31.1. The molecule has 0 radical (unpaired) electrons. The lowest BCUT2D eigenvalue weighted by Crippen LogP contribution is -1.96. The van der Waals surface area contributed by atoms with Gasteiger partial charge in [-0.25, -0.2) is 0 Å². The third kappa shape index (κ3) is 1.54. The fourth-order valence-corrected chi connectivity index (χ4v) is 1.52. The lowest BCUT2D eigenvalue weighted by molar-refractivity contribution is 0.302. The van der Waals surface area contributed by atoms with Gasteiger partial charge in [-0.3, -0.25) is 0 Å². The van der Waals surface area contributed by atoms with Gasteiger partial charge in [0.25, 0.3) is 0 Å². The number of hydrogen-bond acceptors (Lipinski definition) is 2. The fourth-order valence-electron chi connectivity index (χ4n) is 0.574. The molecule has 3 heteroatoms. The summed E-state index contributed by atoms with van der Waals surface area (Å²) in [6.07, 6.45) is 2.94. The molecule has 0 bridgehead atoms. The van der Waals surface area contributed by atoms with Gasteiger partial charge in [-0.2, -0.15) is 0 Å². The lowest BCUT2D eigenvalue weighted by atomic mass is 10.4. The number of rotatable bonds is 0. The Morgan fingerprint density at radius 3 is 2.57 bits per heavy atom. The molecule has 1 fully saturated rings. The van der Waals surface area contributed by atoms with Crippen LogP contribution in [-0.4, -0.2) is 12.8 Å². The summed E-state index contributed by atoms with van der Waals surface area (Å²) in [5.41, 5.74) is 0. The highest BCUT2D eigenvalue weighted by Gasteiger charge is 2.20. The van der Waals surface area contributed by atoms with Gasteiger partial charge in [0.15, 0.2) is 6.16 Å². The Balaban J connectivity index is 2.25. The molecule has 7 heavy (non-hydrogen) atoms. The van der Waals surface area contributed by atoms with Gasteiger partial charge in [0.1, 0.15) is 6.61 Å². The van der Waals surface area contributed by atoms with E-state index in [0.29, 0.717) is 6.61 Å². The Morgan fingerprint density at radius 1 is 1.43 bits per heavy atom. The van der Waals surface area contributed by atoms with Gasteiger partial charge < -0.3 is 0 Å². The zero-order valence-electron chi connectivity index (χ0n) is 4.09. The van der Waals surface area contributed by atoms with Crippen LogP contribution in [0.5, 0.6) is 0 Å². The van der Waals surface area contributed by atoms with Crippen molar-refractivity contribution < 1.29 is 9.09 Å². The number of hydrogen-bond donors (Lipinski definition) is 0. The molecule has 0 spiro atoms. The van der Waals surface area contributed by atoms with Crippen LogP contribution in [0.1, 0.15) is 12.8 Å². The Labute approximate surface area is 43.7 Å². The first-order valence-corrected chi connectivity index (χ1v) is 3.83. The van der Waals surface area contributed by atoms with Gasteiger partial charge in [-0.05, 0) is 17.4 Å². The highest BCUT2D eigenvalue weighted by Crippen LogP contribution is 2.27. The molecule has 0 amide bonds. The molecule has 0 aromatic rings. The maximum absolute atomic E-state index is 10.4. The van der Waals surface area contributed by atoms with Crippen molar-refractivity contribution in [3.63, 3.8) is 0 Å². The fraction of sp³-hybridized carbons (Fsp3) is 1.00. The minimum absolute atomic E-state index is 0.704. The predicted molar refractivity (Wildman–Crippen MR) is 27.7 cm³/mol. The summed E-state index contributed by atoms with van der Waals surface area (Å²) in [5, 5.41) is 0. The molecule has 1 rings (SSSR count). The molecule has 1 aliphatic rings. The van der Waals surface area contributed by atoms with Crippen molar-refractivity contribution in [1.82, 2.24) is 0 Å². The van der Waals surface area contributed by atoms with Crippen molar-refractivity contribution in [3.8, 4) is 0 Å². The van der Waals surface area contributed by atoms with Crippen LogP contribution in [0.2, 0.25) is 0 Å². The van der Waals surface area contributed by atoms with E-state index in [0.717, 1.165) is 19.0 Å². The van der Waals surface area contributed by atoms with E-state index in [4.69, 9.17) is 4.52 Å². The van der Waals surface area contributed by atoms with E-state index in [1.54, 1.807) is 0 Å². The molecule has 1 saturated heterocycles. The average Bonchev–Trinajstić information content (AvgIpc) is 1.69. The summed E-state index contributed by atoms with van der Waals surface area (Å²) < 4.78 is 15.2. The van der Waals surface area contributed by atoms with Crippen LogP contribution in [0.3, 0.4) is 0 Å². The van der Waals surface area contributed by atoms with Gasteiger partial charge >= 0.3 is 8.03 Å². The molecule has 0 aromatic heterocycles. The van der Waals surface area contributed by atoms with Gasteiger partial charge in [-0.1, -0.05) is 0 Å². The molecule has 1 unspecified atom stereocenters. The molecule has 0 aliphatic carbocycles. The lowest BCUT2D eigenvalue weighted by Gasteiger charge is -1.95. The highest BCUT2D eigenvalue weighted by molar-refractivity contribution is 7.39. The zero-order valence-corrected chi connectivity index (χ0v) is 4.99. The van der Waals surface area contributed by atoms with Crippen molar-refractivity contribution in [1.29, 1.82) is 0 Å². The van der Waals surface area contributed by atoms with E-state index in [2.05, 4.69) is 0 Å². The summed E-state index contributed by atoms with van der Waals surface area (Å²) in [7, 11) is -1.24. The molecule has 1 atom stereocenters. The third-order valence-corrected chi connectivity index (χ3v) is 2.12. The Morgan fingerprint density at radius 2 is 2.29 bits per heavy atom. The quantitative estimate of drug-likeness (QED) is 0.452. The standard InChI is InChI=1S/C4H8O2P/c5-7-4-2-1-3-6-7/h1-4H2/q+1. The Bertz CT molecular complexity index is 73.8. The van der Waals surface area contributed by atoms with Crippen molar-refractivity contribution in [2.75, 3.05) is 12.8 Å². The summed E-state index contributed by atoms with van der Waals surface area (Å²) in [5.74, 6) is 0. The van der Waals surface area contributed by atoms with E-state index in [1.165, 1.54) is 0 Å². The van der Waals surface area contributed by atoms with E-state index < -0.39 is 8.03 Å². The minimum Gasteiger partial charge on any atom is -0.146 e. The minimum atomic E-state index is -1.24. The summed E-state index contributed by atoms with van der Waals surface area (Å²) >= 11 is 0. The second-order valence-corrected chi connectivity index (χ2v) is 2.97. The molecule has 0 saturated carbocycles. The summed E-state index contributed by atoms with van der Waals surface area (Å²) in [4.78, 5) is 0. The first kappa shape index (κ1) is 5.20. The van der Waals surface area contributed by atoms with Crippen LogP contribution in [0.25, 0.3) is 0 Å². The van der Waals surface area contributed by atoms with E-state index >= 15 is 0 Å². The van der Waals surface area contributed by atoms with Crippen LogP contribution in [0, 0.1) is 0 Å². The van der Waals surface area contributed by atoms with Gasteiger partial charge in [0, 0.05) is 0 Å². The van der Waals surface area contributed by atoms with Gasteiger partial charge in [0.2, 0.25) is 0 Å². The van der Waals surface area contributed by atoms with Gasteiger partial charge in [-0.15, -0.1) is 4.52 Å². The van der Waals surface area contributed by atoms with Crippen molar-refractivity contribution in [2.24, 2.45) is 0 Å². The normalized spacial score (nSPS) is 27.7. The van der Waals surface area contributed by atoms with Crippen LogP contribution in [-0.2, 0) is 9.09 Å². The van der Waals surface area contributed by atoms with E-state index in [1.807, 2.05) is 0 Å². The first-order valence-electron chi connectivity index (χ1n) is 2.47. The monoisotopic (exact) mass is 119 g/mol. The smallest absolute Gasteiger partial charge is 0.146 e. The Hall–Kier alpha value is 0.0600. The van der Waals surface area contributed by atoms with E-state index in [-0.39, 0.29) is 0 Å². The molecule has 0 N–H and O–H groups in total. The maximum atomic E-state index is 10.4. The molecule has 2 nitrogen and oxygen atoms in total. The topological polar surface area (TPSA) is 26.3 Å². The third-order valence-electron chi connectivity index (χ3n) is 0.970.